The van der Waals surface area contributed by atoms with Crippen molar-refractivity contribution < 1.29 is 15.0 Å². The van der Waals surface area contributed by atoms with Crippen molar-refractivity contribution in [1.82, 2.24) is 0 Å². The fourth-order valence-electron chi connectivity index (χ4n) is 1.30. The van der Waals surface area contributed by atoms with E-state index in [1.165, 1.54) is 0 Å². The molecule has 1 aliphatic carbocycles. The number of aliphatic hydroxyl groups is 2. The minimum absolute atomic E-state index is 0.400. The summed E-state index contributed by atoms with van der Waals surface area (Å²) in [4.78, 5) is 10.3. The molecule has 0 spiro atoms. The van der Waals surface area contributed by atoms with Gasteiger partial charge in [0.1, 0.15) is 5.60 Å². The predicted octanol–water partition coefficient (Wildman–Crippen LogP) is -0.149. The molecule has 1 fully saturated rings. The van der Waals surface area contributed by atoms with Crippen LogP contribution in [-0.2, 0) is 4.79 Å². The van der Waals surface area contributed by atoms with Crippen LogP contribution in [0.4, 0.5) is 0 Å². The lowest BCUT2D eigenvalue weighted by atomic mass is 9.83. The highest BCUT2D eigenvalue weighted by Crippen LogP contribution is 2.26. The van der Waals surface area contributed by atoms with E-state index < -0.39 is 11.7 Å². The summed E-state index contributed by atoms with van der Waals surface area (Å²) in [5, 5.41) is 18.5. The first kappa shape index (κ1) is 7.69. The molecule has 0 aromatic rings. The Kier molecular flexibility index (Phi) is 2.06. The first-order chi connectivity index (χ1) is 4.69. The molecule has 0 aromatic carbocycles. The van der Waals surface area contributed by atoms with E-state index in [2.05, 4.69) is 0 Å². The van der Waals surface area contributed by atoms with Crippen LogP contribution in [0, 0.1) is 0 Å². The van der Waals surface area contributed by atoms with Crippen molar-refractivity contribution in [3.8, 4) is 0 Å². The minimum atomic E-state index is -1.45. The van der Waals surface area contributed by atoms with Crippen LogP contribution in [0.25, 0.3) is 0 Å². The van der Waals surface area contributed by atoms with E-state index in [0.29, 0.717) is 19.1 Å². The Morgan fingerprint density at radius 1 is 1.50 bits per heavy atom. The molecule has 10 heavy (non-hydrogen) atoms. The molecule has 2 atom stereocenters. The van der Waals surface area contributed by atoms with Gasteiger partial charge in [0.05, 0.1) is 6.10 Å². The highest BCUT2D eigenvalue weighted by molar-refractivity contribution is 5.63. The molecule has 2 unspecified atom stereocenters. The first-order valence-electron chi connectivity index (χ1n) is 3.56. The molecule has 0 saturated heterocycles. The van der Waals surface area contributed by atoms with Gasteiger partial charge in [-0.15, -0.1) is 0 Å². The monoisotopic (exact) mass is 144 g/mol. The largest absolute Gasteiger partial charge is 0.390 e. The molecule has 58 valence electrons. The van der Waals surface area contributed by atoms with Gasteiger partial charge in [0.15, 0.2) is 6.29 Å². The van der Waals surface area contributed by atoms with Crippen molar-refractivity contribution in [2.75, 3.05) is 0 Å². The summed E-state index contributed by atoms with van der Waals surface area (Å²) in [5.74, 6) is 0. The topological polar surface area (TPSA) is 57.5 Å². The van der Waals surface area contributed by atoms with Gasteiger partial charge in [0.2, 0.25) is 0 Å². The smallest absolute Gasteiger partial charge is 0.154 e. The fraction of sp³-hybridized carbons (Fsp3) is 0.857. The molecule has 3 heteroatoms. The van der Waals surface area contributed by atoms with E-state index in [-0.39, 0.29) is 0 Å². The lowest BCUT2D eigenvalue weighted by Crippen LogP contribution is -2.46. The van der Waals surface area contributed by atoms with Crippen LogP contribution < -0.4 is 0 Å². The van der Waals surface area contributed by atoms with Crippen molar-refractivity contribution in [2.45, 2.75) is 37.4 Å². The Bertz CT molecular complexity index is 135. The summed E-state index contributed by atoms with van der Waals surface area (Å²) < 4.78 is 0. The standard InChI is InChI=1S/C7H12O3/c8-5-7(10)4-2-1-3-6(7)9/h5-6,9-10H,1-4H2. The van der Waals surface area contributed by atoms with E-state index in [1.807, 2.05) is 0 Å². The maximum Gasteiger partial charge on any atom is 0.154 e. The summed E-state index contributed by atoms with van der Waals surface area (Å²) in [6.45, 7) is 0. The summed E-state index contributed by atoms with van der Waals surface area (Å²) >= 11 is 0. The van der Waals surface area contributed by atoms with Gasteiger partial charge in [-0.05, 0) is 19.3 Å². The van der Waals surface area contributed by atoms with Crippen LogP contribution >= 0.6 is 0 Å². The molecule has 1 saturated carbocycles. The number of rotatable bonds is 1. The number of carbonyl (C=O) groups is 1. The number of hydrogen-bond donors (Lipinski definition) is 2. The minimum Gasteiger partial charge on any atom is -0.390 e. The van der Waals surface area contributed by atoms with Crippen LogP contribution in [0.1, 0.15) is 25.7 Å². The third kappa shape index (κ3) is 1.20. The van der Waals surface area contributed by atoms with Crippen molar-refractivity contribution in [2.24, 2.45) is 0 Å². The molecule has 0 heterocycles. The lowest BCUT2D eigenvalue weighted by molar-refractivity contribution is -0.142. The average Bonchev–Trinajstić information content (AvgIpc) is 1.96. The Morgan fingerprint density at radius 3 is 2.60 bits per heavy atom. The zero-order valence-electron chi connectivity index (χ0n) is 5.79. The summed E-state index contributed by atoms with van der Waals surface area (Å²) in [6.07, 6.45) is 2.27. The fourth-order valence-corrected chi connectivity index (χ4v) is 1.30. The van der Waals surface area contributed by atoms with Gasteiger partial charge in [-0.2, -0.15) is 0 Å². The number of aldehydes is 1. The summed E-state index contributed by atoms with van der Waals surface area (Å²) in [6, 6.07) is 0. The zero-order chi connectivity index (χ0) is 7.61. The van der Waals surface area contributed by atoms with Crippen molar-refractivity contribution >= 4 is 6.29 Å². The van der Waals surface area contributed by atoms with Gasteiger partial charge in [0, 0.05) is 0 Å². The molecule has 0 aliphatic heterocycles. The normalized spacial score (nSPS) is 41.2. The Balaban J connectivity index is 2.62. The van der Waals surface area contributed by atoms with Gasteiger partial charge < -0.3 is 15.0 Å². The van der Waals surface area contributed by atoms with Crippen LogP contribution in [0.3, 0.4) is 0 Å². The third-order valence-corrected chi connectivity index (χ3v) is 2.09. The molecule has 0 aromatic heterocycles. The number of hydrogen-bond acceptors (Lipinski definition) is 3. The quantitative estimate of drug-likeness (QED) is 0.503. The molecule has 0 amide bonds. The van der Waals surface area contributed by atoms with Gasteiger partial charge >= 0.3 is 0 Å². The van der Waals surface area contributed by atoms with Crippen LogP contribution in [0.15, 0.2) is 0 Å². The maximum absolute atomic E-state index is 10.3. The Labute approximate surface area is 59.7 Å². The van der Waals surface area contributed by atoms with E-state index in [0.717, 1.165) is 12.8 Å². The predicted molar refractivity (Wildman–Crippen MR) is 35.5 cm³/mol. The Hall–Kier alpha value is -0.410. The molecule has 0 radical (unpaired) electrons. The van der Waals surface area contributed by atoms with Crippen LogP contribution in [0.5, 0.6) is 0 Å². The second-order valence-corrected chi connectivity index (χ2v) is 2.87. The maximum atomic E-state index is 10.3. The third-order valence-electron chi connectivity index (χ3n) is 2.09. The highest BCUT2D eigenvalue weighted by atomic mass is 16.3. The van der Waals surface area contributed by atoms with E-state index in [9.17, 15) is 9.90 Å². The second-order valence-electron chi connectivity index (χ2n) is 2.87. The zero-order valence-corrected chi connectivity index (χ0v) is 5.79. The molecular weight excluding hydrogens is 132 g/mol. The molecule has 1 aliphatic rings. The van der Waals surface area contributed by atoms with Gasteiger partial charge in [-0.3, -0.25) is 0 Å². The van der Waals surface area contributed by atoms with Gasteiger partial charge in [0.25, 0.3) is 0 Å². The van der Waals surface area contributed by atoms with Crippen molar-refractivity contribution in [1.29, 1.82) is 0 Å². The lowest BCUT2D eigenvalue weighted by Gasteiger charge is -2.31. The SMILES string of the molecule is O=CC1(O)CCCCC1O. The first-order valence-corrected chi connectivity index (χ1v) is 3.56. The average molecular weight is 144 g/mol. The molecule has 3 nitrogen and oxygen atoms in total. The number of carbonyl (C=O) groups excluding carboxylic acids is 1. The van der Waals surface area contributed by atoms with Gasteiger partial charge in [-0.25, -0.2) is 0 Å². The second kappa shape index (κ2) is 2.68. The van der Waals surface area contributed by atoms with Gasteiger partial charge in [-0.1, -0.05) is 6.42 Å². The van der Waals surface area contributed by atoms with Crippen molar-refractivity contribution in [3.63, 3.8) is 0 Å². The molecule has 0 bridgehead atoms. The highest BCUT2D eigenvalue weighted by Gasteiger charge is 2.37. The van der Waals surface area contributed by atoms with Crippen LogP contribution in [0.2, 0.25) is 0 Å². The molecular formula is C7H12O3. The van der Waals surface area contributed by atoms with Crippen LogP contribution in [-0.4, -0.2) is 28.2 Å². The van der Waals surface area contributed by atoms with E-state index in [1.54, 1.807) is 0 Å². The summed E-state index contributed by atoms with van der Waals surface area (Å²) in [7, 11) is 0. The number of aliphatic hydroxyl groups excluding tert-OH is 1. The molecule has 2 N–H and O–H groups in total. The van der Waals surface area contributed by atoms with E-state index >= 15 is 0 Å². The van der Waals surface area contributed by atoms with E-state index in [4.69, 9.17) is 5.11 Å². The Morgan fingerprint density at radius 2 is 2.20 bits per heavy atom. The summed E-state index contributed by atoms with van der Waals surface area (Å²) in [5.41, 5.74) is -1.45. The molecule has 1 rings (SSSR count). The van der Waals surface area contributed by atoms with Crippen molar-refractivity contribution in [3.05, 3.63) is 0 Å².